The molecule has 1 aliphatic heterocycles. The van der Waals surface area contributed by atoms with E-state index in [0.717, 1.165) is 13.2 Å². The van der Waals surface area contributed by atoms with Gasteiger partial charge in [0.25, 0.3) is 0 Å². The molecule has 0 aromatic heterocycles. The van der Waals surface area contributed by atoms with Gasteiger partial charge in [-0.3, -0.25) is 0 Å². The summed E-state index contributed by atoms with van der Waals surface area (Å²) in [6, 6.07) is 0. The van der Waals surface area contributed by atoms with Crippen molar-refractivity contribution in [3.05, 3.63) is 0 Å². The lowest BCUT2D eigenvalue weighted by molar-refractivity contribution is -0.122. The van der Waals surface area contributed by atoms with Gasteiger partial charge >= 0.3 is 0 Å². The molecule has 1 saturated heterocycles. The standard InChI is InChI=1S/C13H21BrO2/c14-11-8-12(13(11)5-1-2-6-13)16-9-10-4-3-7-15-10/h10-12H,1-9H2. The molecular formula is C13H21BrO2. The summed E-state index contributed by atoms with van der Waals surface area (Å²) in [6.07, 6.45) is 9.99. The number of alkyl halides is 1. The Balaban J connectivity index is 1.51. The first kappa shape index (κ1) is 11.5. The van der Waals surface area contributed by atoms with E-state index in [1.807, 2.05) is 0 Å². The molecule has 16 heavy (non-hydrogen) atoms. The van der Waals surface area contributed by atoms with Gasteiger partial charge in [-0.25, -0.2) is 0 Å². The average molecular weight is 289 g/mol. The topological polar surface area (TPSA) is 18.5 Å². The molecule has 3 heteroatoms. The molecule has 0 radical (unpaired) electrons. The second-order valence-corrected chi connectivity index (χ2v) is 6.71. The van der Waals surface area contributed by atoms with Crippen molar-refractivity contribution in [2.75, 3.05) is 13.2 Å². The van der Waals surface area contributed by atoms with E-state index < -0.39 is 0 Å². The predicted molar refractivity (Wildman–Crippen MR) is 66.9 cm³/mol. The molecule has 3 fully saturated rings. The van der Waals surface area contributed by atoms with Gasteiger partial charge in [0.1, 0.15) is 0 Å². The summed E-state index contributed by atoms with van der Waals surface area (Å²) in [4.78, 5) is 0.706. The highest BCUT2D eigenvalue weighted by molar-refractivity contribution is 9.09. The third kappa shape index (κ3) is 1.85. The minimum absolute atomic E-state index is 0.382. The van der Waals surface area contributed by atoms with Crippen LogP contribution in [0.4, 0.5) is 0 Å². The first-order valence-electron chi connectivity index (χ1n) is 6.68. The fourth-order valence-corrected chi connectivity index (χ4v) is 4.69. The summed E-state index contributed by atoms with van der Waals surface area (Å²) >= 11 is 3.83. The van der Waals surface area contributed by atoms with Crippen LogP contribution in [0.3, 0.4) is 0 Å². The van der Waals surface area contributed by atoms with E-state index >= 15 is 0 Å². The zero-order chi connectivity index (χ0) is 11.0. The fourth-order valence-electron chi connectivity index (χ4n) is 3.60. The summed E-state index contributed by atoms with van der Waals surface area (Å²) in [5.41, 5.74) is 0.485. The third-order valence-electron chi connectivity index (χ3n) is 4.73. The van der Waals surface area contributed by atoms with E-state index in [-0.39, 0.29) is 0 Å². The summed E-state index contributed by atoms with van der Waals surface area (Å²) in [7, 11) is 0. The summed E-state index contributed by atoms with van der Waals surface area (Å²) in [5, 5.41) is 0. The minimum Gasteiger partial charge on any atom is -0.376 e. The van der Waals surface area contributed by atoms with Crippen molar-refractivity contribution in [2.24, 2.45) is 5.41 Å². The molecule has 1 spiro atoms. The van der Waals surface area contributed by atoms with Gasteiger partial charge in [0, 0.05) is 16.8 Å². The average Bonchev–Trinajstić information content (AvgIpc) is 2.95. The van der Waals surface area contributed by atoms with Crippen LogP contribution in [0.1, 0.15) is 44.9 Å². The zero-order valence-corrected chi connectivity index (χ0v) is 11.4. The number of hydrogen-bond acceptors (Lipinski definition) is 2. The molecule has 1 heterocycles. The number of hydrogen-bond donors (Lipinski definition) is 0. The lowest BCUT2D eigenvalue weighted by Gasteiger charge is -2.51. The molecule has 3 rings (SSSR count). The third-order valence-corrected chi connectivity index (χ3v) is 6.01. The van der Waals surface area contributed by atoms with Crippen molar-refractivity contribution in [3.8, 4) is 0 Å². The van der Waals surface area contributed by atoms with Crippen LogP contribution in [0.15, 0.2) is 0 Å². The van der Waals surface area contributed by atoms with Gasteiger partial charge in [-0.2, -0.15) is 0 Å². The second kappa shape index (κ2) is 4.58. The van der Waals surface area contributed by atoms with E-state index in [4.69, 9.17) is 9.47 Å². The van der Waals surface area contributed by atoms with E-state index in [2.05, 4.69) is 15.9 Å². The van der Waals surface area contributed by atoms with Crippen LogP contribution < -0.4 is 0 Å². The summed E-state index contributed by atoms with van der Waals surface area (Å²) in [5.74, 6) is 0. The maximum absolute atomic E-state index is 6.12. The molecule has 0 amide bonds. The van der Waals surface area contributed by atoms with E-state index in [9.17, 15) is 0 Å². The number of halogens is 1. The van der Waals surface area contributed by atoms with Gasteiger partial charge in [-0.05, 0) is 32.1 Å². The Labute approximate surface area is 106 Å². The van der Waals surface area contributed by atoms with Gasteiger partial charge in [0.05, 0.1) is 18.8 Å². The van der Waals surface area contributed by atoms with Gasteiger partial charge < -0.3 is 9.47 Å². The largest absolute Gasteiger partial charge is 0.376 e. The molecule has 92 valence electrons. The first-order chi connectivity index (χ1) is 7.81. The number of ether oxygens (including phenoxy) is 2. The first-order valence-corrected chi connectivity index (χ1v) is 7.60. The van der Waals surface area contributed by atoms with Gasteiger partial charge in [0.15, 0.2) is 0 Å². The summed E-state index contributed by atoms with van der Waals surface area (Å²) < 4.78 is 11.7. The van der Waals surface area contributed by atoms with Crippen LogP contribution in [0.2, 0.25) is 0 Å². The maximum atomic E-state index is 6.12. The van der Waals surface area contributed by atoms with Crippen LogP contribution in [0.5, 0.6) is 0 Å². The maximum Gasteiger partial charge on any atom is 0.0809 e. The zero-order valence-electron chi connectivity index (χ0n) is 9.79. The normalized spacial score (nSPS) is 41.4. The molecule has 3 unspecified atom stereocenters. The Bertz CT molecular complexity index is 244. The molecule has 3 atom stereocenters. The minimum atomic E-state index is 0.382. The lowest BCUT2D eigenvalue weighted by atomic mass is 9.64. The smallest absolute Gasteiger partial charge is 0.0809 e. The van der Waals surface area contributed by atoms with Crippen molar-refractivity contribution in [2.45, 2.75) is 62.0 Å². The van der Waals surface area contributed by atoms with Crippen molar-refractivity contribution < 1.29 is 9.47 Å². The van der Waals surface area contributed by atoms with Crippen molar-refractivity contribution in [1.82, 2.24) is 0 Å². The second-order valence-electron chi connectivity index (χ2n) is 5.60. The van der Waals surface area contributed by atoms with Crippen molar-refractivity contribution in [1.29, 1.82) is 0 Å². The molecule has 0 aromatic rings. The Morgan fingerprint density at radius 2 is 2.06 bits per heavy atom. The van der Waals surface area contributed by atoms with Crippen LogP contribution in [0.25, 0.3) is 0 Å². The van der Waals surface area contributed by atoms with Crippen molar-refractivity contribution >= 4 is 15.9 Å². The highest BCUT2D eigenvalue weighted by Gasteiger charge is 2.55. The highest BCUT2D eigenvalue weighted by atomic mass is 79.9. The van der Waals surface area contributed by atoms with Gasteiger partial charge in [0.2, 0.25) is 0 Å². The molecule has 0 aromatic carbocycles. The van der Waals surface area contributed by atoms with E-state index in [1.165, 1.54) is 44.9 Å². The SMILES string of the molecule is BrC1CC(OCC2CCCO2)C12CCCC2. The molecule has 2 aliphatic carbocycles. The van der Waals surface area contributed by atoms with Crippen LogP contribution >= 0.6 is 15.9 Å². The van der Waals surface area contributed by atoms with Gasteiger partial charge in [-0.1, -0.05) is 28.8 Å². The highest BCUT2D eigenvalue weighted by Crippen LogP contribution is 2.57. The van der Waals surface area contributed by atoms with Crippen molar-refractivity contribution in [3.63, 3.8) is 0 Å². The quantitative estimate of drug-likeness (QED) is 0.742. The monoisotopic (exact) mass is 288 g/mol. The van der Waals surface area contributed by atoms with Crippen LogP contribution in [-0.4, -0.2) is 30.2 Å². The van der Waals surface area contributed by atoms with E-state index in [1.54, 1.807) is 0 Å². The van der Waals surface area contributed by atoms with Crippen LogP contribution in [0, 0.1) is 5.41 Å². The lowest BCUT2D eigenvalue weighted by Crippen LogP contribution is -2.54. The Hall–Kier alpha value is 0.400. The Morgan fingerprint density at radius 3 is 2.69 bits per heavy atom. The molecule has 0 bridgehead atoms. The number of rotatable bonds is 3. The molecule has 2 nitrogen and oxygen atoms in total. The molecule has 2 saturated carbocycles. The predicted octanol–water partition coefficient (Wildman–Crippen LogP) is 3.28. The fraction of sp³-hybridized carbons (Fsp3) is 1.00. The Kier molecular flexibility index (Phi) is 3.29. The van der Waals surface area contributed by atoms with Gasteiger partial charge in [-0.15, -0.1) is 0 Å². The Morgan fingerprint density at radius 1 is 1.25 bits per heavy atom. The molecule has 3 aliphatic rings. The van der Waals surface area contributed by atoms with Crippen LogP contribution in [-0.2, 0) is 9.47 Å². The van der Waals surface area contributed by atoms with E-state index in [0.29, 0.717) is 22.5 Å². The molecule has 0 N–H and O–H groups in total. The summed E-state index contributed by atoms with van der Waals surface area (Å²) in [6.45, 7) is 1.76. The molecular weight excluding hydrogens is 268 g/mol.